The number of carbonyl (C=O) groups is 2. The molecule has 1 aliphatic carbocycles. The summed E-state index contributed by atoms with van der Waals surface area (Å²) in [4.78, 5) is 31.9. The average Bonchev–Trinajstić information content (AvgIpc) is 3.34. The maximum atomic E-state index is 13.2. The number of ether oxygens (including phenoxy) is 1. The van der Waals surface area contributed by atoms with Crippen LogP contribution in [0.15, 0.2) is 50.6 Å². The standard InChI is InChI=1S/C21H21NO3S2/c1-3-25-21(24)18-12(2)22-15-9-14(17-5-4-7-27-17)10-16(23)20(15)19(18)13-6-8-26-11-13/h4-8,11,14,18-19H,3,9-10H2,1-2H3/t14-,18?,19+/m0/s1. The number of thiophene rings is 2. The van der Waals surface area contributed by atoms with E-state index >= 15 is 0 Å². The van der Waals surface area contributed by atoms with Crippen molar-refractivity contribution in [2.24, 2.45) is 10.9 Å². The Kier molecular flexibility index (Phi) is 5.10. The Balaban J connectivity index is 1.78. The number of carbonyl (C=O) groups excluding carboxylic acids is 2. The molecule has 1 aliphatic heterocycles. The molecule has 1 unspecified atom stereocenters. The number of ketones is 1. The van der Waals surface area contributed by atoms with Gasteiger partial charge in [-0.05, 0) is 54.1 Å². The second kappa shape index (κ2) is 7.52. The maximum Gasteiger partial charge on any atom is 0.315 e. The summed E-state index contributed by atoms with van der Waals surface area (Å²) in [5.41, 5.74) is 3.30. The fourth-order valence-electron chi connectivity index (χ4n) is 4.13. The van der Waals surface area contributed by atoms with Gasteiger partial charge in [0, 0.05) is 40.1 Å². The van der Waals surface area contributed by atoms with Gasteiger partial charge in [0.05, 0.1) is 6.61 Å². The predicted octanol–water partition coefficient (Wildman–Crippen LogP) is 4.95. The Labute approximate surface area is 166 Å². The molecular formula is C21H21NO3S2. The van der Waals surface area contributed by atoms with Gasteiger partial charge < -0.3 is 4.74 Å². The molecule has 2 aromatic rings. The number of hydrogen-bond acceptors (Lipinski definition) is 6. The van der Waals surface area contributed by atoms with E-state index in [0.29, 0.717) is 18.6 Å². The first-order chi connectivity index (χ1) is 13.1. The van der Waals surface area contributed by atoms with E-state index < -0.39 is 5.92 Å². The van der Waals surface area contributed by atoms with Crippen molar-refractivity contribution in [3.8, 4) is 0 Å². The van der Waals surface area contributed by atoms with Crippen molar-refractivity contribution in [3.05, 3.63) is 56.1 Å². The van der Waals surface area contributed by atoms with Gasteiger partial charge in [0.2, 0.25) is 0 Å². The summed E-state index contributed by atoms with van der Waals surface area (Å²) in [6.07, 6.45) is 1.22. The van der Waals surface area contributed by atoms with Crippen LogP contribution in [0.25, 0.3) is 0 Å². The molecule has 0 bridgehead atoms. The van der Waals surface area contributed by atoms with Crippen LogP contribution in [0.1, 0.15) is 49.0 Å². The molecule has 3 atom stereocenters. The Morgan fingerprint density at radius 2 is 2.15 bits per heavy atom. The van der Waals surface area contributed by atoms with Gasteiger partial charge in [-0.3, -0.25) is 14.6 Å². The number of Topliss-reactive ketones (excluding diaryl/α,β-unsaturated/α-hetero) is 1. The number of allylic oxidation sites excluding steroid dienone is 2. The Bertz CT molecular complexity index is 909. The molecule has 0 amide bonds. The van der Waals surface area contributed by atoms with Crippen LogP contribution in [0, 0.1) is 5.92 Å². The van der Waals surface area contributed by atoms with E-state index in [4.69, 9.17) is 9.73 Å². The van der Waals surface area contributed by atoms with Gasteiger partial charge in [0.25, 0.3) is 0 Å². The fourth-order valence-corrected chi connectivity index (χ4v) is 5.66. The number of rotatable bonds is 4. The minimum Gasteiger partial charge on any atom is -0.465 e. The second-order valence-corrected chi connectivity index (χ2v) is 8.68. The third-order valence-corrected chi connectivity index (χ3v) is 7.01. The third-order valence-electron chi connectivity index (χ3n) is 5.28. The largest absolute Gasteiger partial charge is 0.465 e. The van der Waals surface area contributed by atoms with Gasteiger partial charge >= 0.3 is 5.97 Å². The van der Waals surface area contributed by atoms with Crippen LogP contribution in [0.4, 0.5) is 0 Å². The van der Waals surface area contributed by atoms with Crippen molar-refractivity contribution >= 4 is 40.1 Å². The van der Waals surface area contributed by atoms with E-state index in [9.17, 15) is 9.59 Å². The minimum absolute atomic E-state index is 0.108. The van der Waals surface area contributed by atoms with E-state index in [2.05, 4.69) is 6.07 Å². The van der Waals surface area contributed by atoms with E-state index in [-0.39, 0.29) is 23.6 Å². The number of hydrogen-bond donors (Lipinski definition) is 0. The van der Waals surface area contributed by atoms with Crippen LogP contribution in [-0.4, -0.2) is 24.1 Å². The Morgan fingerprint density at radius 3 is 2.81 bits per heavy atom. The van der Waals surface area contributed by atoms with Gasteiger partial charge in [0.15, 0.2) is 5.78 Å². The lowest BCUT2D eigenvalue weighted by molar-refractivity contribution is -0.146. The highest BCUT2D eigenvalue weighted by Crippen LogP contribution is 2.47. The topological polar surface area (TPSA) is 55.7 Å². The quantitative estimate of drug-likeness (QED) is 0.684. The van der Waals surface area contributed by atoms with Gasteiger partial charge in [-0.1, -0.05) is 6.07 Å². The molecule has 6 heteroatoms. The van der Waals surface area contributed by atoms with Crippen LogP contribution in [0.2, 0.25) is 0 Å². The molecular weight excluding hydrogens is 378 g/mol. The number of aliphatic imine (C=N–C) groups is 1. The average molecular weight is 400 g/mol. The summed E-state index contributed by atoms with van der Waals surface area (Å²) < 4.78 is 5.33. The molecule has 0 spiro atoms. The van der Waals surface area contributed by atoms with Crippen molar-refractivity contribution in [1.82, 2.24) is 0 Å². The molecule has 27 heavy (non-hydrogen) atoms. The summed E-state index contributed by atoms with van der Waals surface area (Å²) in [7, 11) is 0. The highest BCUT2D eigenvalue weighted by atomic mass is 32.1. The molecule has 0 saturated heterocycles. The van der Waals surface area contributed by atoms with E-state index in [1.165, 1.54) is 4.88 Å². The number of nitrogens with zero attached hydrogens (tertiary/aromatic N) is 1. The van der Waals surface area contributed by atoms with Gasteiger partial charge in [-0.2, -0.15) is 11.3 Å². The zero-order valence-electron chi connectivity index (χ0n) is 15.3. The fraction of sp³-hybridized carbons (Fsp3) is 0.381. The SMILES string of the molecule is CCOC(=O)C1C(C)=NC2=C(C(=O)C[C@@H](c3cccs3)C2)[C@@H]1c1ccsc1. The molecule has 4 nitrogen and oxygen atoms in total. The predicted molar refractivity (Wildman–Crippen MR) is 109 cm³/mol. The van der Waals surface area contributed by atoms with Crippen molar-refractivity contribution in [3.63, 3.8) is 0 Å². The highest BCUT2D eigenvalue weighted by molar-refractivity contribution is 7.10. The second-order valence-electron chi connectivity index (χ2n) is 6.92. The maximum absolute atomic E-state index is 13.2. The van der Waals surface area contributed by atoms with Crippen molar-refractivity contribution < 1.29 is 14.3 Å². The minimum atomic E-state index is -0.527. The summed E-state index contributed by atoms with van der Waals surface area (Å²) >= 11 is 3.26. The zero-order chi connectivity index (χ0) is 19.0. The first-order valence-corrected chi connectivity index (χ1v) is 11.0. The molecule has 4 rings (SSSR count). The lowest BCUT2D eigenvalue weighted by Gasteiger charge is -2.35. The van der Waals surface area contributed by atoms with E-state index in [1.54, 1.807) is 29.6 Å². The molecule has 0 aromatic carbocycles. The van der Waals surface area contributed by atoms with Crippen LogP contribution in [0.3, 0.4) is 0 Å². The smallest absolute Gasteiger partial charge is 0.315 e. The van der Waals surface area contributed by atoms with E-state index in [1.807, 2.05) is 35.2 Å². The highest BCUT2D eigenvalue weighted by Gasteiger charge is 2.44. The molecule has 3 heterocycles. The van der Waals surface area contributed by atoms with Gasteiger partial charge in [0.1, 0.15) is 5.92 Å². The van der Waals surface area contributed by atoms with Crippen molar-refractivity contribution in [2.75, 3.05) is 6.61 Å². The van der Waals surface area contributed by atoms with Gasteiger partial charge in [-0.25, -0.2) is 0 Å². The van der Waals surface area contributed by atoms with E-state index in [0.717, 1.165) is 23.4 Å². The molecule has 0 fully saturated rings. The summed E-state index contributed by atoms with van der Waals surface area (Å²) in [5, 5.41) is 6.06. The van der Waals surface area contributed by atoms with Crippen molar-refractivity contribution in [1.29, 1.82) is 0 Å². The molecule has 0 saturated carbocycles. The van der Waals surface area contributed by atoms with Crippen LogP contribution in [-0.2, 0) is 14.3 Å². The van der Waals surface area contributed by atoms with Crippen molar-refractivity contribution in [2.45, 2.75) is 38.5 Å². The normalized spacial score (nSPS) is 25.2. The molecule has 0 radical (unpaired) electrons. The number of esters is 1. The third kappa shape index (κ3) is 3.32. The van der Waals surface area contributed by atoms with Gasteiger partial charge in [-0.15, -0.1) is 11.3 Å². The summed E-state index contributed by atoms with van der Waals surface area (Å²) in [6, 6.07) is 6.11. The molecule has 0 N–H and O–H groups in total. The first-order valence-electron chi connectivity index (χ1n) is 9.13. The summed E-state index contributed by atoms with van der Waals surface area (Å²) in [6.45, 7) is 4.00. The van der Waals surface area contributed by atoms with Crippen LogP contribution in [0.5, 0.6) is 0 Å². The lowest BCUT2D eigenvalue weighted by atomic mass is 9.70. The Hall–Kier alpha value is -2.05. The first kappa shape index (κ1) is 18.3. The monoisotopic (exact) mass is 399 g/mol. The summed E-state index contributed by atoms with van der Waals surface area (Å²) in [5.74, 6) is -0.832. The molecule has 2 aromatic heterocycles. The lowest BCUT2D eigenvalue weighted by Crippen LogP contribution is -2.37. The van der Waals surface area contributed by atoms with Crippen LogP contribution < -0.4 is 0 Å². The molecule has 2 aliphatic rings. The Morgan fingerprint density at radius 1 is 1.30 bits per heavy atom. The van der Waals surface area contributed by atoms with Crippen LogP contribution >= 0.6 is 22.7 Å². The molecule has 140 valence electrons. The zero-order valence-corrected chi connectivity index (χ0v) is 16.9.